The van der Waals surface area contributed by atoms with Gasteiger partial charge < -0.3 is 14.9 Å². The van der Waals surface area contributed by atoms with Gasteiger partial charge in [-0.15, -0.1) is 0 Å². The molecule has 1 aliphatic heterocycles. The molecule has 0 radical (unpaired) electrons. The second-order valence-electron chi connectivity index (χ2n) is 3.56. The highest BCUT2D eigenvalue weighted by atomic mass is 16.5. The molecule has 0 aromatic heterocycles. The molecular formula is C9H16O4. The van der Waals surface area contributed by atoms with Gasteiger partial charge in [0.2, 0.25) is 0 Å². The summed E-state index contributed by atoms with van der Waals surface area (Å²) in [5.41, 5.74) is -1.15. The van der Waals surface area contributed by atoms with Crippen LogP contribution in [0.1, 0.15) is 26.2 Å². The molecule has 0 aromatic carbocycles. The first-order valence-corrected chi connectivity index (χ1v) is 4.63. The van der Waals surface area contributed by atoms with E-state index in [-0.39, 0.29) is 6.61 Å². The number of aliphatic hydroxyl groups is 1. The Morgan fingerprint density at radius 1 is 1.69 bits per heavy atom. The van der Waals surface area contributed by atoms with Gasteiger partial charge in [0.15, 0.2) is 0 Å². The van der Waals surface area contributed by atoms with Gasteiger partial charge in [0.1, 0.15) is 5.60 Å². The smallest absolute Gasteiger partial charge is 0.309 e. The van der Waals surface area contributed by atoms with E-state index in [2.05, 4.69) is 0 Å². The van der Waals surface area contributed by atoms with Crippen LogP contribution in [0.3, 0.4) is 0 Å². The number of aliphatic carboxylic acids is 1. The molecule has 4 heteroatoms. The van der Waals surface area contributed by atoms with E-state index in [4.69, 9.17) is 9.84 Å². The van der Waals surface area contributed by atoms with Crippen molar-refractivity contribution in [2.45, 2.75) is 31.8 Å². The number of carboxylic acids is 1. The van der Waals surface area contributed by atoms with Crippen molar-refractivity contribution < 1.29 is 19.7 Å². The first-order valence-electron chi connectivity index (χ1n) is 4.63. The highest BCUT2D eigenvalue weighted by Gasteiger charge is 2.41. The molecule has 1 saturated heterocycles. The van der Waals surface area contributed by atoms with E-state index in [0.29, 0.717) is 19.4 Å². The van der Waals surface area contributed by atoms with Gasteiger partial charge in [-0.2, -0.15) is 0 Å². The molecule has 2 atom stereocenters. The van der Waals surface area contributed by atoms with E-state index in [1.54, 1.807) is 6.92 Å². The average Bonchev–Trinajstić information content (AvgIpc) is 2.05. The Labute approximate surface area is 77.5 Å². The zero-order valence-electron chi connectivity index (χ0n) is 7.82. The zero-order chi connectivity index (χ0) is 9.90. The number of hydrogen-bond acceptors (Lipinski definition) is 3. The second-order valence-corrected chi connectivity index (χ2v) is 3.56. The normalized spacial score (nSPS) is 31.2. The predicted molar refractivity (Wildman–Crippen MR) is 46.4 cm³/mol. The monoisotopic (exact) mass is 188 g/mol. The Hall–Kier alpha value is -0.610. The number of hydrogen-bond donors (Lipinski definition) is 2. The van der Waals surface area contributed by atoms with Crippen molar-refractivity contribution in [3.63, 3.8) is 0 Å². The molecule has 1 fully saturated rings. The van der Waals surface area contributed by atoms with Gasteiger partial charge >= 0.3 is 5.97 Å². The Balaban J connectivity index is 2.68. The van der Waals surface area contributed by atoms with Crippen molar-refractivity contribution in [1.29, 1.82) is 0 Å². The van der Waals surface area contributed by atoms with Crippen LogP contribution in [0.5, 0.6) is 0 Å². The van der Waals surface area contributed by atoms with Crippen molar-refractivity contribution in [2.75, 3.05) is 13.2 Å². The fourth-order valence-corrected chi connectivity index (χ4v) is 1.86. The van der Waals surface area contributed by atoms with Crippen LogP contribution in [0.15, 0.2) is 0 Å². The summed E-state index contributed by atoms with van der Waals surface area (Å²) >= 11 is 0. The van der Waals surface area contributed by atoms with Gasteiger partial charge in [-0.1, -0.05) is 6.92 Å². The SMILES string of the molecule is CCC(C(=O)O)C1(O)CCCOC1. The number of carbonyl (C=O) groups is 1. The Morgan fingerprint density at radius 2 is 2.38 bits per heavy atom. The third kappa shape index (κ3) is 2.19. The molecule has 0 aliphatic carbocycles. The zero-order valence-corrected chi connectivity index (χ0v) is 7.82. The quantitative estimate of drug-likeness (QED) is 0.682. The molecule has 4 nitrogen and oxygen atoms in total. The molecule has 0 aromatic rings. The third-order valence-corrected chi connectivity index (χ3v) is 2.61. The summed E-state index contributed by atoms with van der Waals surface area (Å²) < 4.78 is 5.10. The van der Waals surface area contributed by atoms with Crippen LogP contribution in [0.4, 0.5) is 0 Å². The van der Waals surface area contributed by atoms with E-state index in [0.717, 1.165) is 6.42 Å². The molecule has 2 N–H and O–H groups in total. The van der Waals surface area contributed by atoms with Gasteiger partial charge in [-0.3, -0.25) is 4.79 Å². The van der Waals surface area contributed by atoms with E-state index in [1.165, 1.54) is 0 Å². The second kappa shape index (κ2) is 4.07. The van der Waals surface area contributed by atoms with Gasteiger partial charge in [0.05, 0.1) is 12.5 Å². The van der Waals surface area contributed by atoms with Gasteiger partial charge in [-0.25, -0.2) is 0 Å². The minimum absolute atomic E-state index is 0.151. The summed E-state index contributed by atoms with van der Waals surface area (Å²) in [6.07, 6.45) is 1.70. The summed E-state index contributed by atoms with van der Waals surface area (Å²) in [7, 11) is 0. The van der Waals surface area contributed by atoms with E-state index < -0.39 is 17.5 Å². The molecule has 1 rings (SSSR count). The van der Waals surface area contributed by atoms with Crippen molar-refractivity contribution in [1.82, 2.24) is 0 Å². The number of rotatable bonds is 3. The van der Waals surface area contributed by atoms with Gasteiger partial charge in [0.25, 0.3) is 0 Å². The van der Waals surface area contributed by atoms with Crippen molar-refractivity contribution in [3.8, 4) is 0 Å². The first-order chi connectivity index (χ1) is 6.10. The molecule has 1 heterocycles. The molecule has 13 heavy (non-hydrogen) atoms. The fourth-order valence-electron chi connectivity index (χ4n) is 1.86. The van der Waals surface area contributed by atoms with Crippen LogP contribution in [0, 0.1) is 5.92 Å². The molecule has 0 spiro atoms. The Bertz CT molecular complexity index is 184. The fraction of sp³-hybridized carbons (Fsp3) is 0.889. The maximum absolute atomic E-state index is 10.8. The maximum Gasteiger partial charge on any atom is 0.309 e. The van der Waals surface area contributed by atoms with Crippen molar-refractivity contribution in [3.05, 3.63) is 0 Å². The van der Waals surface area contributed by atoms with E-state index in [9.17, 15) is 9.90 Å². The summed E-state index contributed by atoms with van der Waals surface area (Å²) in [6, 6.07) is 0. The van der Waals surface area contributed by atoms with Crippen LogP contribution in [-0.4, -0.2) is 35.0 Å². The lowest BCUT2D eigenvalue weighted by Crippen LogP contribution is -2.48. The Morgan fingerprint density at radius 3 is 2.77 bits per heavy atom. The summed E-state index contributed by atoms with van der Waals surface area (Å²) in [5.74, 6) is -1.64. The summed E-state index contributed by atoms with van der Waals surface area (Å²) in [6.45, 7) is 2.54. The maximum atomic E-state index is 10.8. The topological polar surface area (TPSA) is 66.8 Å². The van der Waals surface area contributed by atoms with Crippen LogP contribution in [0.2, 0.25) is 0 Å². The molecule has 0 amide bonds. The minimum atomic E-state index is -1.15. The van der Waals surface area contributed by atoms with Crippen molar-refractivity contribution >= 4 is 5.97 Å². The summed E-state index contributed by atoms with van der Waals surface area (Å²) in [4.78, 5) is 10.8. The summed E-state index contributed by atoms with van der Waals surface area (Å²) in [5, 5.41) is 18.9. The van der Waals surface area contributed by atoms with Crippen LogP contribution in [-0.2, 0) is 9.53 Å². The molecule has 0 bridgehead atoms. The Kier molecular flexibility index (Phi) is 3.27. The lowest BCUT2D eigenvalue weighted by molar-refractivity contribution is -0.165. The van der Waals surface area contributed by atoms with Gasteiger partial charge in [0, 0.05) is 6.61 Å². The predicted octanol–water partition coefficient (Wildman–Crippen LogP) is 0.639. The van der Waals surface area contributed by atoms with E-state index >= 15 is 0 Å². The lowest BCUT2D eigenvalue weighted by Gasteiger charge is -2.36. The van der Waals surface area contributed by atoms with Crippen molar-refractivity contribution in [2.24, 2.45) is 5.92 Å². The lowest BCUT2D eigenvalue weighted by atomic mass is 9.81. The largest absolute Gasteiger partial charge is 0.481 e. The van der Waals surface area contributed by atoms with Crippen LogP contribution < -0.4 is 0 Å². The highest BCUT2D eigenvalue weighted by molar-refractivity contribution is 5.71. The van der Waals surface area contributed by atoms with E-state index in [1.807, 2.05) is 0 Å². The first kappa shape index (κ1) is 10.5. The van der Waals surface area contributed by atoms with Crippen LogP contribution >= 0.6 is 0 Å². The average molecular weight is 188 g/mol. The molecule has 0 saturated carbocycles. The highest BCUT2D eigenvalue weighted by Crippen LogP contribution is 2.29. The molecular weight excluding hydrogens is 172 g/mol. The molecule has 1 aliphatic rings. The molecule has 2 unspecified atom stereocenters. The number of ether oxygens (including phenoxy) is 1. The number of carboxylic acid groups (broad SMARTS) is 1. The third-order valence-electron chi connectivity index (χ3n) is 2.61. The molecule has 76 valence electrons. The van der Waals surface area contributed by atoms with Crippen LogP contribution in [0.25, 0.3) is 0 Å². The van der Waals surface area contributed by atoms with Gasteiger partial charge in [-0.05, 0) is 19.3 Å². The minimum Gasteiger partial charge on any atom is -0.481 e. The standard InChI is InChI=1S/C9H16O4/c1-2-7(8(10)11)9(12)4-3-5-13-6-9/h7,12H,2-6H2,1H3,(H,10,11).